The molecule has 16 heavy (non-hydrogen) atoms. The molecule has 92 valence electrons. The summed E-state index contributed by atoms with van der Waals surface area (Å²) in [6.45, 7) is 3.05. The number of nitrogens with zero attached hydrogens (tertiary/aromatic N) is 1. The van der Waals surface area contributed by atoms with Crippen LogP contribution in [0.4, 0.5) is 0 Å². The second kappa shape index (κ2) is 6.26. The number of rotatable bonds is 2. The molecule has 0 amide bonds. The zero-order valence-electron chi connectivity index (χ0n) is 9.71. The zero-order valence-corrected chi connectivity index (χ0v) is 10.5. The topological polar surface area (TPSA) is 46.3 Å². The van der Waals surface area contributed by atoms with Crippen LogP contribution in [0, 0.1) is 0 Å². The van der Waals surface area contributed by atoms with Crippen molar-refractivity contribution in [3.8, 4) is 0 Å². The summed E-state index contributed by atoms with van der Waals surface area (Å²) in [5.74, 6) is 0.282. The Morgan fingerprint density at radius 3 is 2.38 bits per heavy atom. The number of piperidine rings is 1. The largest absolute Gasteiger partial charge is 0.402 e. The summed E-state index contributed by atoms with van der Waals surface area (Å²) in [5, 5.41) is 0. The highest BCUT2D eigenvalue weighted by molar-refractivity contribution is 5.97. The lowest BCUT2D eigenvalue weighted by Gasteiger charge is -2.28. The molecule has 2 rings (SSSR count). The van der Waals surface area contributed by atoms with E-state index in [9.17, 15) is 4.79 Å². The predicted octanol–water partition coefficient (Wildman–Crippen LogP) is 1.86. The van der Waals surface area contributed by atoms with E-state index in [2.05, 4.69) is 4.90 Å². The minimum atomic E-state index is 0. The quantitative estimate of drug-likeness (QED) is 0.807. The molecule has 1 aliphatic heterocycles. The summed E-state index contributed by atoms with van der Waals surface area (Å²) in [7, 11) is 0. The molecule has 0 aromatic carbocycles. The summed E-state index contributed by atoms with van der Waals surface area (Å²) in [4.78, 5) is 14.1. The second-order valence-electron chi connectivity index (χ2n) is 4.62. The van der Waals surface area contributed by atoms with Crippen molar-refractivity contribution in [2.24, 2.45) is 5.73 Å². The molecule has 0 unspecified atom stereocenters. The molecule has 2 N–H and O–H groups in total. The summed E-state index contributed by atoms with van der Waals surface area (Å²) >= 11 is 0. The Bertz CT molecular complexity index is 283. The van der Waals surface area contributed by atoms with E-state index in [0.717, 1.165) is 43.7 Å². The maximum Gasteiger partial charge on any atom is 0.161 e. The molecular formula is C12H21ClN2O. The lowest BCUT2D eigenvalue weighted by molar-refractivity contribution is -0.116. The summed E-state index contributed by atoms with van der Waals surface area (Å²) in [5.41, 5.74) is 7.67. The monoisotopic (exact) mass is 244 g/mol. The van der Waals surface area contributed by atoms with Gasteiger partial charge in [0.05, 0.1) is 0 Å². The van der Waals surface area contributed by atoms with Gasteiger partial charge in [0.15, 0.2) is 5.78 Å². The lowest BCUT2D eigenvalue weighted by Crippen LogP contribution is -2.35. The Hall–Kier alpha value is -0.540. The summed E-state index contributed by atoms with van der Waals surface area (Å²) in [6.07, 6.45) is 6.41. The van der Waals surface area contributed by atoms with Gasteiger partial charge in [-0.05, 0) is 38.8 Å². The van der Waals surface area contributed by atoms with E-state index in [4.69, 9.17) is 5.73 Å². The Morgan fingerprint density at radius 1 is 1.06 bits per heavy atom. The van der Waals surface area contributed by atoms with E-state index in [-0.39, 0.29) is 18.2 Å². The highest BCUT2D eigenvalue weighted by Gasteiger charge is 2.21. The van der Waals surface area contributed by atoms with Crippen LogP contribution in [-0.2, 0) is 4.79 Å². The first-order chi connectivity index (χ1) is 7.27. The number of nitrogens with two attached hydrogens (primary N) is 1. The lowest BCUT2D eigenvalue weighted by atomic mass is 9.94. The zero-order chi connectivity index (χ0) is 10.7. The number of halogens is 1. The van der Waals surface area contributed by atoms with Gasteiger partial charge in [0.25, 0.3) is 0 Å². The van der Waals surface area contributed by atoms with Gasteiger partial charge in [0, 0.05) is 24.2 Å². The van der Waals surface area contributed by atoms with E-state index in [1.807, 2.05) is 0 Å². The van der Waals surface area contributed by atoms with Crippen LogP contribution in [0.15, 0.2) is 11.3 Å². The molecule has 3 nitrogen and oxygen atoms in total. The van der Waals surface area contributed by atoms with Gasteiger partial charge in [-0.2, -0.15) is 0 Å². The van der Waals surface area contributed by atoms with E-state index in [1.54, 1.807) is 0 Å². The number of Topliss-reactive ketones (excluding diaryl/α,β-unsaturated/α-hetero) is 1. The molecule has 1 heterocycles. The SMILES string of the molecule is Cl.NC1=C(CN2CCCCC2)C(=O)CCC1. The Kier molecular flexibility index (Phi) is 5.29. The van der Waals surface area contributed by atoms with E-state index in [0.29, 0.717) is 6.42 Å². The molecule has 4 heteroatoms. The molecule has 2 aliphatic rings. The van der Waals surface area contributed by atoms with Crippen LogP contribution in [0.2, 0.25) is 0 Å². The highest BCUT2D eigenvalue weighted by Crippen LogP contribution is 2.20. The smallest absolute Gasteiger partial charge is 0.161 e. The van der Waals surface area contributed by atoms with Crippen molar-refractivity contribution in [3.63, 3.8) is 0 Å². The van der Waals surface area contributed by atoms with Crippen LogP contribution in [0.3, 0.4) is 0 Å². The van der Waals surface area contributed by atoms with Crippen molar-refractivity contribution in [2.45, 2.75) is 38.5 Å². The average Bonchev–Trinajstić information content (AvgIpc) is 2.25. The van der Waals surface area contributed by atoms with Gasteiger partial charge in [-0.1, -0.05) is 6.42 Å². The van der Waals surface area contributed by atoms with Gasteiger partial charge >= 0.3 is 0 Å². The normalized spacial score (nSPS) is 23.1. The van der Waals surface area contributed by atoms with E-state index in [1.165, 1.54) is 19.3 Å². The maximum atomic E-state index is 11.7. The van der Waals surface area contributed by atoms with Crippen molar-refractivity contribution >= 4 is 18.2 Å². The number of allylic oxidation sites excluding steroid dienone is 1. The predicted molar refractivity (Wildman–Crippen MR) is 67.6 cm³/mol. The van der Waals surface area contributed by atoms with E-state index >= 15 is 0 Å². The van der Waals surface area contributed by atoms with Crippen LogP contribution >= 0.6 is 12.4 Å². The second-order valence-corrected chi connectivity index (χ2v) is 4.62. The fraction of sp³-hybridized carbons (Fsp3) is 0.750. The van der Waals surface area contributed by atoms with Crippen LogP contribution in [0.25, 0.3) is 0 Å². The van der Waals surface area contributed by atoms with Crippen molar-refractivity contribution < 1.29 is 4.79 Å². The van der Waals surface area contributed by atoms with Gasteiger partial charge < -0.3 is 5.73 Å². The molecule has 1 fully saturated rings. The Balaban J connectivity index is 0.00000128. The molecule has 1 aliphatic carbocycles. The number of carbonyl (C=O) groups excluding carboxylic acids is 1. The Labute approximate surface area is 103 Å². The molecule has 0 saturated carbocycles. The van der Waals surface area contributed by atoms with Gasteiger partial charge in [0.1, 0.15) is 0 Å². The third-order valence-corrected chi connectivity index (χ3v) is 3.40. The number of hydrogen-bond acceptors (Lipinski definition) is 3. The van der Waals surface area contributed by atoms with Crippen LogP contribution in [0.1, 0.15) is 38.5 Å². The standard InChI is InChI=1S/C12H20N2O.ClH/c13-11-5-4-6-12(15)10(11)9-14-7-2-1-3-8-14;/h1-9,13H2;1H. The van der Waals surface area contributed by atoms with Crippen LogP contribution < -0.4 is 5.73 Å². The number of hydrogen-bond donors (Lipinski definition) is 1. The molecule has 0 aromatic heterocycles. The third kappa shape index (κ3) is 3.22. The molecule has 0 spiro atoms. The minimum absolute atomic E-state index is 0. The average molecular weight is 245 g/mol. The summed E-state index contributed by atoms with van der Waals surface area (Å²) < 4.78 is 0. The van der Waals surface area contributed by atoms with Crippen molar-refractivity contribution in [1.29, 1.82) is 0 Å². The van der Waals surface area contributed by atoms with Crippen LogP contribution in [0.5, 0.6) is 0 Å². The minimum Gasteiger partial charge on any atom is -0.402 e. The molecule has 0 atom stereocenters. The van der Waals surface area contributed by atoms with Crippen LogP contribution in [-0.4, -0.2) is 30.3 Å². The first-order valence-electron chi connectivity index (χ1n) is 6.00. The van der Waals surface area contributed by atoms with Crippen molar-refractivity contribution in [2.75, 3.05) is 19.6 Å². The number of likely N-dealkylation sites (tertiary alicyclic amines) is 1. The first kappa shape index (κ1) is 13.5. The number of ketones is 1. The maximum absolute atomic E-state index is 11.7. The molecule has 1 saturated heterocycles. The summed E-state index contributed by atoms with van der Waals surface area (Å²) in [6, 6.07) is 0. The number of carbonyl (C=O) groups is 1. The van der Waals surface area contributed by atoms with Crippen molar-refractivity contribution in [1.82, 2.24) is 4.90 Å². The molecule has 0 radical (unpaired) electrons. The first-order valence-corrected chi connectivity index (χ1v) is 6.00. The van der Waals surface area contributed by atoms with Gasteiger partial charge in [0.2, 0.25) is 0 Å². The highest BCUT2D eigenvalue weighted by atomic mass is 35.5. The fourth-order valence-electron chi connectivity index (χ4n) is 2.45. The van der Waals surface area contributed by atoms with E-state index < -0.39 is 0 Å². The molecular weight excluding hydrogens is 224 g/mol. The van der Waals surface area contributed by atoms with Gasteiger partial charge in [-0.25, -0.2) is 0 Å². The van der Waals surface area contributed by atoms with Gasteiger partial charge in [-0.15, -0.1) is 12.4 Å². The fourth-order valence-corrected chi connectivity index (χ4v) is 2.45. The van der Waals surface area contributed by atoms with Gasteiger partial charge in [-0.3, -0.25) is 9.69 Å². The van der Waals surface area contributed by atoms with Crippen molar-refractivity contribution in [3.05, 3.63) is 11.3 Å². The Morgan fingerprint density at radius 2 is 1.75 bits per heavy atom. The molecule has 0 bridgehead atoms. The molecule has 0 aromatic rings. The third-order valence-electron chi connectivity index (χ3n) is 3.40.